The highest BCUT2D eigenvalue weighted by Gasteiger charge is 2.46. The number of sulfonamides is 1. The largest absolute Gasteiger partial charge is 0.274 e. The number of hydrogen-bond acceptors (Lipinski definition) is 4. The summed E-state index contributed by atoms with van der Waals surface area (Å²) in [6.07, 6.45) is 0.0239. The number of anilines is 1. The third-order valence-corrected chi connectivity index (χ3v) is 8.15. The zero-order valence-electron chi connectivity index (χ0n) is 17.7. The third kappa shape index (κ3) is 5.14. The number of benzene rings is 3. The van der Waals surface area contributed by atoms with Gasteiger partial charge in [0, 0.05) is 21.6 Å². The monoisotopic (exact) mass is 536 g/mol. The highest BCUT2D eigenvalue weighted by Crippen LogP contribution is 2.30. The molecule has 1 atom stereocenters. The van der Waals surface area contributed by atoms with Crippen molar-refractivity contribution in [1.82, 2.24) is 4.31 Å². The van der Waals surface area contributed by atoms with Crippen molar-refractivity contribution >= 4 is 62.3 Å². The van der Waals surface area contributed by atoms with Crippen LogP contribution in [-0.2, 0) is 26.0 Å². The van der Waals surface area contributed by atoms with Crippen LogP contribution in [0.2, 0.25) is 15.1 Å². The fraction of sp³-hybridized carbons (Fsp3) is 0.167. The van der Waals surface area contributed by atoms with Gasteiger partial charge in [0.1, 0.15) is 6.04 Å². The van der Waals surface area contributed by atoms with Crippen molar-refractivity contribution in [2.45, 2.75) is 23.8 Å². The van der Waals surface area contributed by atoms with Gasteiger partial charge in [0.15, 0.2) is 0 Å². The zero-order chi connectivity index (χ0) is 24.5. The Bertz CT molecular complexity index is 1330. The van der Waals surface area contributed by atoms with Crippen LogP contribution in [0.25, 0.3) is 0 Å². The molecule has 0 radical (unpaired) electrons. The third-order valence-electron chi connectivity index (χ3n) is 5.49. The molecule has 3 aromatic rings. The second-order valence-electron chi connectivity index (χ2n) is 7.71. The summed E-state index contributed by atoms with van der Waals surface area (Å²) in [5.41, 5.74) is 1.13. The molecular formula is C24H19Cl3N2O4S. The summed E-state index contributed by atoms with van der Waals surface area (Å²) in [6, 6.07) is 17.7. The van der Waals surface area contributed by atoms with Gasteiger partial charge in [0.05, 0.1) is 17.0 Å². The van der Waals surface area contributed by atoms with E-state index < -0.39 is 27.9 Å². The summed E-state index contributed by atoms with van der Waals surface area (Å²) in [6.45, 7) is -0.0244. The Labute approximate surface area is 212 Å². The predicted molar refractivity (Wildman–Crippen MR) is 133 cm³/mol. The van der Waals surface area contributed by atoms with Gasteiger partial charge in [-0.3, -0.25) is 9.59 Å². The number of rotatable bonds is 7. The van der Waals surface area contributed by atoms with Crippen molar-refractivity contribution in [3.05, 3.63) is 93.4 Å². The Hall–Kier alpha value is -2.42. The maximum Gasteiger partial charge on any atom is 0.252 e. The van der Waals surface area contributed by atoms with Gasteiger partial charge in [0.2, 0.25) is 15.9 Å². The minimum absolute atomic E-state index is 0.0202. The maximum absolute atomic E-state index is 13.6. The standard InChI is InChI=1S/C24H19Cl3N2O4S/c25-17-4-8-20(9-5-17)29-23(30)15-22(24(29)31)28(13-12-16-2-1-3-19(27)14-16)34(32,33)21-10-6-18(26)7-11-21/h1-11,14,22H,12-13,15H2. The van der Waals surface area contributed by atoms with E-state index in [1.54, 1.807) is 42.5 Å². The summed E-state index contributed by atoms with van der Waals surface area (Å²) in [5.74, 6) is -1.10. The second-order valence-corrected chi connectivity index (χ2v) is 10.9. The molecule has 0 bridgehead atoms. The molecule has 1 aliphatic rings. The van der Waals surface area contributed by atoms with E-state index in [-0.39, 0.29) is 17.9 Å². The Balaban J connectivity index is 1.69. The molecular weight excluding hydrogens is 519 g/mol. The molecule has 4 rings (SSSR count). The molecule has 3 aromatic carbocycles. The van der Waals surface area contributed by atoms with Crippen LogP contribution in [0, 0.1) is 0 Å². The fourth-order valence-electron chi connectivity index (χ4n) is 3.82. The van der Waals surface area contributed by atoms with E-state index in [0.717, 1.165) is 14.8 Å². The minimum atomic E-state index is -4.13. The molecule has 2 amide bonds. The first-order chi connectivity index (χ1) is 16.2. The first kappa shape index (κ1) is 24.7. The van der Waals surface area contributed by atoms with E-state index in [9.17, 15) is 18.0 Å². The van der Waals surface area contributed by atoms with Crippen molar-refractivity contribution in [3.63, 3.8) is 0 Å². The van der Waals surface area contributed by atoms with E-state index >= 15 is 0 Å². The van der Waals surface area contributed by atoms with E-state index in [0.29, 0.717) is 27.2 Å². The molecule has 176 valence electrons. The lowest BCUT2D eigenvalue weighted by Gasteiger charge is -2.27. The number of nitrogens with zero attached hydrogens (tertiary/aromatic N) is 2. The summed E-state index contributed by atoms with van der Waals surface area (Å²) >= 11 is 17.9. The Morgan fingerprint density at radius 2 is 1.47 bits per heavy atom. The predicted octanol–water partition coefficient (Wildman–Crippen LogP) is 5.21. The van der Waals surface area contributed by atoms with Crippen LogP contribution in [0.15, 0.2) is 77.7 Å². The molecule has 34 heavy (non-hydrogen) atoms. The molecule has 0 aromatic heterocycles. The van der Waals surface area contributed by atoms with Crippen LogP contribution in [0.4, 0.5) is 5.69 Å². The minimum Gasteiger partial charge on any atom is -0.274 e. The highest BCUT2D eigenvalue weighted by atomic mass is 35.5. The number of carbonyl (C=O) groups is 2. The summed E-state index contributed by atoms with van der Waals surface area (Å²) in [7, 11) is -4.13. The first-order valence-electron chi connectivity index (χ1n) is 10.3. The van der Waals surface area contributed by atoms with Gasteiger partial charge in [-0.15, -0.1) is 0 Å². The number of amides is 2. The van der Waals surface area contributed by atoms with E-state index in [1.165, 1.54) is 24.3 Å². The molecule has 0 saturated carbocycles. The topological polar surface area (TPSA) is 74.8 Å². The Kier molecular flexibility index (Phi) is 7.31. The molecule has 1 unspecified atom stereocenters. The van der Waals surface area contributed by atoms with Gasteiger partial charge < -0.3 is 0 Å². The Morgan fingerprint density at radius 3 is 2.09 bits per heavy atom. The molecule has 0 spiro atoms. The molecule has 10 heteroatoms. The van der Waals surface area contributed by atoms with Crippen molar-refractivity contribution in [1.29, 1.82) is 0 Å². The van der Waals surface area contributed by atoms with Gasteiger partial charge in [-0.25, -0.2) is 13.3 Å². The van der Waals surface area contributed by atoms with Gasteiger partial charge in [-0.2, -0.15) is 4.31 Å². The summed E-state index contributed by atoms with van der Waals surface area (Å²) < 4.78 is 28.3. The number of carbonyl (C=O) groups excluding carboxylic acids is 2. The van der Waals surface area contributed by atoms with Crippen molar-refractivity contribution < 1.29 is 18.0 Å². The molecule has 0 N–H and O–H groups in total. The van der Waals surface area contributed by atoms with E-state index in [2.05, 4.69) is 0 Å². The van der Waals surface area contributed by atoms with Gasteiger partial charge >= 0.3 is 0 Å². The molecule has 1 aliphatic heterocycles. The number of hydrogen-bond donors (Lipinski definition) is 0. The lowest BCUT2D eigenvalue weighted by atomic mass is 10.1. The van der Waals surface area contributed by atoms with Crippen LogP contribution in [0.3, 0.4) is 0 Å². The normalized spacial score (nSPS) is 16.5. The quantitative estimate of drug-likeness (QED) is 0.388. The van der Waals surface area contributed by atoms with E-state index in [1.807, 2.05) is 6.07 Å². The highest BCUT2D eigenvalue weighted by molar-refractivity contribution is 7.89. The fourth-order valence-corrected chi connectivity index (χ4v) is 5.87. The lowest BCUT2D eigenvalue weighted by molar-refractivity contribution is -0.122. The van der Waals surface area contributed by atoms with Crippen molar-refractivity contribution in [2.75, 3.05) is 11.4 Å². The molecule has 0 aliphatic carbocycles. The second kappa shape index (κ2) is 10.1. The first-order valence-corrected chi connectivity index (χ1v) is 12.9. The van der Waals surface area contributed by atoms with Crippen LogP contribution < -0.4 is 4.90 Å². The molecule has 1 saturated heterocycles. The van der Waals surface area contributed by atoms with Crippen LogP contribution in [-0.4, -0.2) is 37.1 Å². The van der Waals surface area contributed by atoms with Crippen molar-refractivity contribution in [3.8, 4) is 0 Å². The maximum atomic E-state index is 13.6. The Morgan fingerprint density at radius 1 is 0.853 bits per heavy atom. The van der Waals surface area contributed by atoms with E-state index in [4.69, 9.17) is 34.8 Å². The van der Waals surface area contributed by atoms with Gasteiger partial charge in [-0.1, -0.05) is 46.9 Å². The number of imide groups is 1. The van der Waals surface area contributed by atoms with Crippen LogP contribution in [0.1, 0.15) is 12.0 Å². The molecule has 6 nitrogen and oxygen atoms in total. The summed E-state index contributed by atoms with van der Waals surface area (Å²) in [5, 5.41) is 1.35. The van der Waals surface area contributed by atoms with Gasteiger partial charge in [-0.05, 0) is 72.6 Å². The number of halogens is 3. The van der Waals surface area contributed by atoms with Crippen LogP contribution in [0.5, 0.6) is 0 Å². The lowest BCUT2D eigenvalue weighted by Crippen LogP contribution is -2.46. The smallest absolute Gasteiger partial charge is 0.252 e. The SMILES string of the molecule is O=C1CC(N(CCc2cccc(Cl)c2)S(=O)(=O)c2ccc(Cl)cc2)C(=O)N1c1ccc(Cl)cc1. The summed E-state index contributed by atoms with van der Waals surface area (Å²) in [4.78, 5) is 27.2. The average Bonchev–Trinajstić information content (AvgIpc) is 3.08. The molecule has 1 heterocycles. The van der Waals surface area contributed by atoms with Crippen LogP contribution >= 0.6 is 34.8 Å². The average molecular weight is 538 g/mol. The zero-order valence-corrected chi connectivity index (χ0v) is 20.8. The van der Waals surface area contributed by atoms with Crippen molar-refractivity contribution in [2.24, 2.45) is 0 Å². The van der Waals surface area contributed by atoms with Gasteiger partial charge in [0.25, 0.3) is 5.91 Å². The molecule has 1 fully saturated rings.